The molecule has 0 unspecified atom stereocenters. The van der Waals surface area contributed by atoms with E-state index in [9.17, 15) is 4.79 Å². The molecule has 1 aliphatic rings. The first-order chi connectivity index (χ1) is 17.0. The SMILES string of the molecule is COc1cc(OC)cc(C(=O)NC(=S)Nc2ccc(N3CC[NH+](Cc4ccccc4)CC3)cc2)c1. The van der Waals surface area contributed by atoms with Crippen LogP contribution in [0.4, 0.5) is 11.4 Å². The minimum atomic E-state index is -0.341. The van der Waals surface area contributed by atoms with Crippen molar-refractivity contribution in [1.29, 1.82) is 0 Å². The third kappa shape index (κ3) is 6.71. The van der Waals surface area contributed by atoms with Gasteiger partial charge in [-0.1, -0.05) is 30.3 Å². The number of piperazine rings is 1. The summed E-state index contributed by atoms with van der Waals surface area (Å²) in [4.78, 5) is 16.6. The number of methoxy groups -OCH3 is 2. The summed E-state index contributed by atoms with van der Waals surface area (Å²) in [6.45, 7) is 5.34. The molecule has 1 heterocycles. The number of ether oxygens (including phenoxy) is 2. The number of carbonyl (C=O) groups is 1. The zero-order valence-electron chi connectivity index (χ0n) is 20.0. The molecule has 0 radical (unpaired) electrons. The van der Waals surface area contributed by atoms with E-state index in [0.29, 0.717) is 17.1 Å². The van der Waals surface area contributed by atoms with Crippen LogP contribution in [0.25, 0.3) is 0 Å². The van der Waals surface area contributed by atoms with Gasteiger partial charge >= 0.3 is 0 Å². The molecule has 0 atom stereocenters. The van der Waals surface area contributed by atoms with Crippen molar-refractivity contribution >= 4 is 34.6 Å². The topological polar surface area (TPSA) is 67.3 Å². The van der Waals surface area contributed by atoms with Crippen LogP contribution in [0.2, 0.25) is 0 Å². The van der Waals surface area contributed by atoms with Crippen LogP contribution in [0.15, 0.2) is 72.8 Å². The molecule has 1 fully saturated rings. The van der Waals surface area contributed by atoms with E-state index >= 15 is 0 Å². The molecular weight excluding hydrogens is 460 g/mol. The van der Waals surface area contributed by atoms with E-state index in [2.05, 4.69) is 58.0 Å². The van der Waals surface area contributed by atoms with Gasteiger partial charge in [-0.25, -0.2) is 0 Å². The molecule has 3 N–H and O–H groups in total. The second-order valence-corrected chi connectivity index (χ2v) is 8.86. The van der Waals surface area contributed by atoms with Gasteiger partial charge in [-0.15, -0.1) is 0 Å². The summed E-state index contributed by atoms with van der Waals surface area (Å²) >= 11 is 5.34. The highest BCUT2D eigenvalue weighted by Crippen LogP contribution is 2.22. The largest absolute Gasteiger partial charge is 0.497 e. The lowest BCUT2D eigenvalue weighted by Crippen LogP contribution is -3.13. The smallest absolute Gasteiger partial charge is 0.257 e. The number of nitrogens with one attached hydrogen (secondary N) is 3. The zero-order valence-corrected chi connectivity index (χ0v) is 20.9. The summed E-state index contributed by atoms with van der Waals surface area (Å²) < 4.78 is 10.5. The number of benzene rings is 3. The van der Waals surface area contributed by atoms with Crippen LogP contribution < -0.4 is 29.9 Å². The number of quaternary nitrogens is 1. The van der Waals surface area contributed by atoms with Crippen molar-refractivity contribution in [3.8, 4) is 11.5 Å². The molecule has 1 saturated heterocycles. The van der Waals surface area contributed by atoms with Crippen molar-refractivity contribution in [2.45, 2.75) is 6.54 Å². The van der Waals surface area contributed by atoms with Crippen LogP contribution >= 0.6 is 12.2 Å². The first kappa shape index (κ1) is 24.5. The molecule has 0 saturated carbocycles. The number of thiocarbonyl (C=S) groups is 1. The lowest BCUT2D eigenvalue weighted by molar-refractivity contribution is -0.914. The maximum atomic E-state index is 12.6. The highest BCUT2D eigenvalue weighted by molar-refractivity contribution is 7.80. The summed E-state index contributed by atoms with van der Waals surface area (Å²) in [5, 5.41) is 6.01. The Morgan fingerprint density at radius 1 is 0.943 bits per heavy atom. The predicted octanol–water partition coefficient (Wildman–Crippen LogP) is 2.74. The molecule has 0 aromatic heterocycles. The van der Waals surface area contributed by atoms with Crippen molar-refractivity contribution in [2.75, 3.05) is 50.6 Å². The molecule has 1 amide bonds. The molecule has 4 rings (SSSR count). The number of anilines is 2. The Morgan fingerprint density at radius 2 is 1.57 bits per heavy atom. The van der Waals surface area contributed by atoms with Gasteiger partial charge in [-0.2, -0.15) is 0 Å². The Kier molecular flexibility index (Phi) is 8.18. The summed E-state index contributed by atoms with van der Waals surface area (Å²) in [6, 6.07) is 23.8. The first-order valence-corrected chi connectivity index (χ1v) is 12.0. The lowest BCUT2D eigenvalue weighted by Gasteiger charge is -2.33. The molecule has 35 heavy (non-hydrogen) atoms. The Morgan fingerprint density at radius 3 is 2.17 bits per heavy atom. The summed E-state index contributed by atoms with van der Waals surface area (Å²) in [7, 11) is 3.08. The third-order valence-electron chi connectivity index (χ3n) is 6.10. The fourth-order valence-electron chi connectivity index (χ4n) is 4.17. The van der Waals surface area contributed by atoms with E-state index in [1.807, 2.05) is 12.1 Å². The van der Waals surface area contributed by atoms with Gasteiger partial charge in [0.05, 0.1) is 40.4 Å². The van der Waals surface area contributed by atoms with Gasteiger partial charge < -0.3 is 24.6 Å². The van der Waals surface area contributed by atoms with Gasteiger partial charge in [0.2, 0.25) is 0 Å². The average molecular weight is 492 g/mol. The maximum Gasteiger partial charge on any atom is 0.257 e. The van der Waals surface area contributed by atoms with Gasteiger partial charge in [0.1, 0.15) is 18.0 Å². The molecule has 3 aromatic carbocycles. The van der Waals surface area contributed by atoms with Crippen LogP contribution in [0.1, 0.15) is 15.9 Å². The van der Waals surface area contributed by atoms with Gasteiger partial charge in [-0.3, -0.25) is 10.1 Å². The van der Waals surface area contributed by atoms with Gasteiger partial charge in [0.25, 0.3) is 5.91 Å². The Labute approximate surface area is 211 Å². The van der Waals surface area contributed by atoms with Gasteiger partial charge in [0.15, 0.2) is 5.11 Å². The number of hydrogen-bond donors (Lipinski definition) is 3. The van der Waals surface area contributed by atoms with Gasteiger partial charge in [-0.05, 0) is 48.6 Å². The molecule has 1 aliphatic heterocycles. The Balaban J connectivity index is 1.28. The van der Waals surface area contributed by atoms with E-state index in [4.69, 9.17) is 21.7 Å². The molecule has 3 aromatic rings. The molecule has 8 heteroatoms. The maximum absolute atomic E-state index is 12.6. The number of hydrogen-bond acceptors (Lipinski definition) is 5. The molecule has 182 valence electrons. The lowest BCUT2D eigenvalue weighted by atomic mass is 10.2. The standard InChI is InChI=1S/C27H30N4O3S/c1-33-24-16-21(17-25(18-24)34-2)26(32)29-27(35)28-22-8-10-23(11-9-22)31-14-12-30(13-15-31)19-20-6-4-3-5-7-20/h3-11,16-18H,12-15,19H2,1-2H3,(H2,28,29,32,35)/p+1. The first-order valence-electron chi connectivity index (χ1n) is 11.6. The summed E-state index contributed by atoms with van der Waals surface area (Å²) in [5.74, 6) is 0.727. The average Bonchev–Trinajstić information content (AvgIpc) is 2.89. The van der Waals surface area contributed by atoms with Crippen molar-refractivity contribution in [2.24, 2.45) is 0 Å². The van der Waals surface area contributed by atoms with E-state index < -0.39 is 0 Å². The molecule has 0 bridgehead atoms. The van der Waals surface area contributed by atoms with E-state index in [1.54, 1.807) is 23.1 Å². The zero-order chi connectivity index (χ0) is 24.6. The van der Waals surface area contributed by atoms with Crippen LogP contribution in [0.3, 0.4) is 0 Å². The Hall–Kier alpha value is -3.62. The third-order valence-corrected chi connectivity index (χ3v) is 6.30. The number of carbonyl (C=O) groups excluding carboxylic acids is 1. The quantitative estimate of drug-likeness (QED) is 0.442. The van der Waals surface area contributed by atoms with Crippen molar-refractivity contribution in [3.63, 3.8) is 0 Å². The van der Waals surface area contributed by atoms with E-state index in [0.717, 1.165) is 38.4 Å². The minimum absolute atomic E-state index is 0.225. The van der Waals surface area contributed by atoms with Crippen LogP contribution in [-0.4, -0.2) is 51.4 Å². The van der Waals surface area contributed by atoms with Crippen LogP contribution in [0, 0.1) is 0 Å². The number of rotatable bonds is 7. The monoisotopic (exact) mass is 491 g/mol. The summed E-state index contributed by atoms with van der Waals surface area (Å²) in [6.07, 6.45) is 0. The van der Waals surface area contributed by atoms with Crippen molar-refractivity contribution < 1.29 is 19.2 Å². The van der Waals surface area contributed by atoms with Crippen molar-refractivity contribution in [3.05, 3.63) is 83.9 Å². The van der Waals surface area contributed by atoms with Crippen LogP contribution in [0.5, 0.6) is 11.5 Å². The predicted molar refractivity (Wildman–Crippen MR) is 143 cm³/mol. The fourth-order valence-corrected chi connectivity index (χ4v) is 4.38. The number of amides is 1. The highest BCUT2D eigenvalue weighted by atomic mass is 32.1. The van der Waals surface area contributed by atoms with Crippen molar-refractivity contribution in [1.82, 2.24) is 5.32 Å². The normalized spacial score (nSPS) is 13.7. The molecule has 0 aliphatic carbocycles. The van der Waals surface area contributed by atoms with Crippen LogP contribution in [-0.2, 0) is 6.54 Å². The minimum Gasteiger partial charge on any atom is -0.497 e. The second kappa shape index (κ2) is 11.7. The summed E-state index contributed by atoms with van der Waals surface area (Å²) in [5.41, 5.74) is 3.79. The Bertz CT molecular complexity index is 1120. The van der Waals surface area contributed by atoms with Gasteiger partial charge in [0, 0.05) is 28.6 Å². The number of nitrogens with zero attached hydrogens (tertiary/aromatic N) is 1. The molecule has 0 spiro atoms. The van der Waals surface area contributed by atoms with E-state index in [-0.39, 0.29) is 11.0 Å². The second-order valence-electron chi connectivity index (χ2n) is 8.46. The van der Waals surface area contributed by atoms with E-state index in [1.165, 1.54) is 25.5 Å². The molecular formula is C27H31N4O3S+. The highest BCUT2D eigenvalue weighted by Gasteiger charge is 2.20. The fraction of sp³-hybridized carbons (Fsp3) is 0.259. The molecule has 7 nitrogen and oxygen atoms in total.